The predicted molar refractivity (Wildman–Crippen MR) is 88.9 cm³/mol. The number of nitrogens with two attached hydrogens (primary N) is 1. The number of carbonyl (C=O) groups is 1. The molecule has 21 heavy (non-hydrogen) atoms. The normalized spacial score (nSPS) is 13.5. The number of nitrogens with zero attached hydrogens (tertiary/aromatic N) is 1. The van der Waals surface area contributed by atoms with Gasteiger partial charge >= 0.3 is 0 Å². The first-order chi connectivity index (χ1) is 10.1. The van der Waals surface area contributed by atoms with E-state index in [1.807, 2.05) is 17.9 Å². The van der Waals surface area contributed by atoms with E-state index in [4.69, 9.17) is 5.73 Å². The van der Waals surface area contributed by atoms with Gasteiger partial charge in [-0.1, -0.05) is 12.1 Å². The van der Waals surface area contributed by atoms with Gasteiger partial charge in [0.1, 0.15) is 0 Å². The zero-order chi connectivity index (χ0) is 14.8. The number of amides is 1. The smallest absolute Gasteiger partial charge is 0.227 e. The van der Waals surface area contributed by atoms with Crippen LogP contribution in [0.5, 0.6) is 0 Å². The number of benzene rings is 1. The molecule has 0 saturated carbocycles. The van der Waals surface area contributed by atoms with E-state index < -0.39 is 0 Å². The van der Waals surface area contributed by atoms with Gasteiger partial charge in [-0.25, -0.2) is 0 Å². The summed E-state index contributed by atoms with van der Waals surface area (Å²) in [5.41, 5.74) is 10.1. The highest BCUT2D eigenvalue weighted by Gasteiger charge is 2.24. The summed E-state index contributed by atoms with van der Waals surface area (Å²) in [6.07, 6.45) is 3.44. The Bertz CT molecular complexity index is 649. The van der Waals surface area contributed by atoms with Gasteiger partial charge in [-0.15, -0.1) is 11.3 Å². The lowest BCUT2D eigenvalue weighted by molar-refractivity contribution is -0.118. The molecule has 1 aliphatic rings. The summed E-state index contributed by atoms with van der Waals surface area (Å²) >= 11 is 1.76. The molecule has 3 nitrogen and oxygen atoms in total. The first-order valence-corrected chi connectivity index (χ1v) is 8.25. The van der Waals surface area contributed by atoms with E-state index in [2.05, 4.69) is 23.6 Å². The maximum Gasteiger partial charge on any atom is 0.227 e. The highest BCUT2D eigenvalue weighted by molar-refractivity contribution is 7.09. The van der Waals surface area contributed by atoms with Gasteiger partial charge in [-0.3, -0.25) is 4.79 Å². The minimum absolute atomic E-state index is 0.216. The molecule has 0 atom stereocenters. The average molecular weight is 300 g/mol. The SMILES string of the molecule is Cc1cc2c(cc1N)N(C(=O)CCCc1cccs1)CC2. The fourth-order valence-corrected chi connectivity index (χ4v) is 3.59. The highest BCUT2D eigenvalue weighted by atomic mass is 32.1. The van der Waals surface area contributed by atoms with Crippen LogP contribution in [0.2, 0.25) is 0 Å². The van der Waals surface area contributed by atoms with Crippen molar-refractivity contribution in [3.8, 4) is 0 Å². The number of anilines is 2. The van der Waals surface area contributed by atoms with Gasteiger partial charge in [0.15, 0.2) is 0 Å². The molecule has 1 aromatic heterocycles. The van der Waals surface area contributed by atoms with Crippen LogP contribution in [0.15, 0.2) is 29.6 Å². The molecule has 0 spiro atoms. The van der Waals surface area contributed by atoms with Crippen molar-refractivity contribution in [3.05, 3.63) is 45.6 Å². The molecule has 1 aromatic carbocycles. The summed E-state index contributed by atoms with van der Waals surface area (Å²) in [4.78, 5) is 15.7. The van der Waals surface area contributed by atoms with E-state index in [9.17, 15) is 4.79 Å². The van der Waals surface area contributed by atoms with Gasteiger partial charge in [0.25, 0.3) is 0 Å². The Labute approximate surface area is 129 Å². The molecule has 1 amide bonds. The Morgan fingerprint density at radius 3 is 3.05 bits per heavy atom. The Kier molecular flexibility index (Phi) is 3.97. The summed E-state index contributed by atoms with van der Waals surface area (Å²) in [5.74, 6) is 0.216. The lowest BCUT2D eigenvalue weighted by Gasteiger charge is -2.18. The molecular formula is C17H20N2OS. The van der Waals surface area contributed by atoms with Gasteiger partial charge in [0, 0.05) is 29.2 Å². The minimum Gasteiger partial charge on any atom is -0.398 e. The molecule has 1 aliphatic heterocycles. The molecule has 2 N–H and O–H groups in total. The molecule has 0 unspecified atom stereocenters. The summed E-state index contributed by atoms with van der Waals surface area (Å²) in [6.45, 7) is 2.80. The Morgan fingerprint density at radius 2 is 2.29 bits per heavy atom. The maximum atomic E-state index is 12.4. The minimum atomic E-state index is 0.216. The van der Waals surface area contributed by atoms with Gasteiger partial charge in [-0.2, -0.15) is 0 Å². The van der Waals surface area contributed by atoms with E-state index in [1.165, 1.54) is 10.4 Å². The molecule has 0 saturated heterocycles. The lowest BCUT2D eigenvalue weighted by atomic mass is 10.1. The average Bonchev–Trinajstić information content (AvgIpc) is 3.09. The molecule has 0 fully saturated rings. The maximum absolute atomic E-state index is 12.4. The van der Waals surface area contributed by atoms with Crippen LogP contribution in [0.25, 0.3) is 0 Å². The molecule has 4 heteroatoms. The molecule has 0 radical (unpaired) electrons. The van der Waals surface area contributed by atoms with E-state index in [0.717, 1.165) is 42.7 Å². The van der Waals surface area contributed by atoms with Gasteiger partial charge in [0.2, 0.25) is 5.91 Å². The Hall–Kier alpha value is -1.81. The zero-order valence-corrected chi connectivity index (χ0v) is 13.1. The molecule has 0 aliphatic carbocycles. The van der Waals surface area contributed by atoms with Crippen molar-refractivity contribution in [1.82, 2.24) is 0 Å². The fraction of sp³-hybridized carbons (Fsp3) is 0.353. The van der Waals surface area contributed by atoms with Crippen LogP contribution in [0.1, 0.15) is 28.8 Å². The summed E-state index contributed by atoms with van der Waals surface area (Å²) in [7, 11) is 0. The van der Waals surface area contributed by atoms with Crippen molar-refractivity contribution in [1.29, 1.82) is 0 Å². The summed E-state index contributed by atoms with van der Waals surface area (Å²) in [6, 6.07) is 8.26. The third kappa shape index (κ3) is 2.95. The third-order valence-electron chi connectivity index (χ3n) is 4.06. The highest BCUT2D eigenvalue weighted by Crippen LogP contribution is 2.32. The number of hydrogen-bond donors (Lipinski definition) is 1. The zero-order valence-electron chi connectivity index (χ0n) is 12.3. The number of fused-ring (bicyclic) bond motifs is 1. The van der Waals surface area contributed by atoms with E-state index in [1.54, 1.807) is 11.3 Å². The molecule has 3 rings (SSSR count). The van der Waals surface area contributed by atoms with Crippen LogP contribution in [0.4, 0.5) is 11.4 Å². The van der Waals surface area contributed by atoms with E-state index in [-0.39, 0.29) is 5.91 Å². The largest absolute Gasteiger partial charge is 0.398 e. The topological polar surface area (TPSA) is 46.3 Å². The van der Waals surface area contributed by atoms with E-state index in [0.29, 0.717) is 6.42 Å². The first-order valence-electron chi connectivity index (χ1n) is 7.37. The molecular weight excluding hydrogens is 280 g/mol. The van der Waals surface area contributed by atoms with Crippen molar-refractivity contribution >= 4 is 28.6 Å². The van der Waals surface area contributed by atoms with Gasteiger partial charge in [0.05, 0.1) is 0 Å². The number of hydrogen-bond acceptors (Lipinski definition) is 3. The quantitative estimate of drug-likeness (QED) is 0.878. The number of aryl methyl sites for hydroxylation is 2. The van der Waals surface area contributed by atoms with Crippen molar-refractivity contribution < 1.29 is 4.79 Å². The van der Waals surface area contributed by atoms with Gasteiger partial charge < -0.3 is 10.6 Å². The molecule has 2 aromatic rings. The van der Waals surface area contributed by atoms with Crippen molar-refractivity contribution in [3.63, 3.8) is 0 Å². The number of rotatable bonds is 4. The predicted octanol–water partition coefficient (Wildman–Crippen LogP) is 3.55. The summed E-state index contributed by atoms with van der Waals surface area (Å²) in [5, 5.41) is 2.08. The Morgan fingerprint density at radius 1 is 1.43 bits per heavy atom. The second kappa shape index (κ2) is 5.90. The first kappa shape index (κ1) is 14.1. The van der Waals surface area contributed by atoms with Gasteiger partial charge in [-0.05, 0) is 54.8 Å². The van der Waals surface area contributed by atoms with Crippen molar-refractivity contribution in [2.45, 2.75) is 32.6 Å². The molecule has 0 bridgehead atoms. The van der Waals surface area contributed by atoms with Crippen LogP contribution in [0, 0.1) is 6.92 Å². The van der Waals surface area contributed by atoms with E-state index >= 15 is 0 Å². The second-order valence-electron chi connectivity index (χ2n) is 5.57. The number of thiophene rings is 1. The van der Waals surface area contributed by atoms with Crippen LogP contribution in [0.3, 0.4) is 0 Å². The second-order valence-corrected chi connectivity index (χ2v) is 6.60. The standard InChI is InChI=1S/C17H20N2OS/c1-12-10-13-7-8-19(16(13)11-15(12)18)17(20)6-2-4-14-5-3-9-21-14/h3,5,9-11H,2,4,6-8,18H2,1H3. The van der Waals surface area contributed by atoms with Crippen LogP contribution < -0.4 is 10.6 Å². The number of carbonyl (C=O) groups excluding carboxylic acids is 1. The Balaban J connectivity index is 1.63. The van der Waals surface area contributed by atoms with Crippen LogP contribution in [-0.2, 0) is 17.6 Å². The summed E-state index contributed by atoms with van der Waals surface area (Å²) < 4.78 is 0. The molecule has 110 valence electrons. The molecule has 2 heterocycles. The van der Waals surface area contributed by atoms with Crippen LogP contribution in [-0.4, -0.2) is 12.5 Å². The lowest BCUT2D eigenvalue weighted by Crippen LogP contribution is -2.28. The third-order valence-corrected chi connectivity index (χ3v) is 4.99. The number of nitrogen functional groups attached to an aromatic ring is 1. The monoisotopic (exact) mass is 300 g/mol. The fourth-order valence-electron chi connectivity index (χ4n) is 2.84. The van der Waals surface area contributed by atoms with Crippen LogP contribution >= 0.6 is 11.3 Å². The van der Waals surface area contributed by atoms with Crippen molar-refractivity contribution in [2.75, 3.05) is 17.2 Å². The van der Waals surface area contributed by atoms with Crippen molar-refractivity contribution in [2.24, 2.45) is 0 Å².